The minimum atomic E-state index is -4.35. The molecule has 1 aromatic rings. The number of benzene rings is 1. The third kappa shape index (κ3) is 5.47. The van der Waals surface area contributed by atoms with Gasteiger partial charge in [-0.25, -0.2) is 0 Å². The van der Waals surface area contributed by atoms with Crippen molar-refractivity contribution in [1.29, 1.82) is 0 Å². The number of hydrogen-bond acceptors (Lipinski definition) is 3. The Balaban J connectivity index is 2.64. The molecule has 0 heterocycles. The molecule has 0 radical (unpaired) electrons. The van der Waals surface area contributed by atoms with Crippen molar-refractivity contribution >= 4 is 11.6 Å². The molecule has 0 aliphatic rings. The van der Waals surface area contributed by atoms with E-state index in [4.69, 9.17) is 11.6 Å². The molecule has 0 saturated carbocycles. The number of ether oxygens (including phenoxy) is 1. The Hall–Kier alpha value is -0.820. The first-order chi connectivity index (χ1) is 9.84. The number of alkyl halides is 3. The second-order valence-corrected chi connectivity index (χ2v) is 5.25. The standard InChI is InChI=1S/C14H18ClF3O3/c15-12-5-2-1-4-11(12)13(8-19,9-20)6-3-7-21-10-14(16,17)18/h1-2,4-5,19-20H,3,6-10H2. The number of aliphatic hydroxyl groups excluding tert-OH is 2. The Morgan fingerprint density at radius 1 is 1.10 bits per heavy atom. The van der Waals surface area contributed by atoms with Gasteiger partial charge in [0.05, 0.1) is 13.2 Å². The molecule has 0 spiro atoms. The Morgan fingerprint density at radius 3 is 2.24 bits per heavy atom. The van der Waals surface area contributed by atoms with Crippen molar-refractivity contribution < 1.29 is 28.1 Å². The highest BCUT2D eigenvalue weighted by molar-refractivity contribution is 6.31. The van der Waals surface area contributed by atoms with Gasteiger partial charge in [-0.3, -0.25) is 0 Å². The maximum atomic E-state index is 11.9. The summed E-state index contributed by atoms with van der Waals surface area (Å²) >= 11 is 6.06. The molecular weight excluding hydrogens is 309 g/mol. The summed E-state index contributed by atoms with van der Waals surface area (Å²) in [6.07, 6.45) is -3.82. The first-order valence-electron chi connectivity index (χ1n) is 6.46. The molecule has 0 aliphatic carbocycles. The SMILES string of the molecule is OCC(CO)(CCCOCC(F)(F)F)c1ccccc1Cl. The average molecular weight is 327 g/mol. The fourth-order valence-corrected chi connectivity index (χ4v) is 2.44. The van der Waals surface area contributed by atoms with Gasteiger partial charge in [-0.05, 0) is 24.5 Å². The van der Waals surface area contributed by atoms with Crippen molar-refractivity contribution in [2.24, 2.45) is 0 Å². The molecule has 0 amide bonds. The monoisotopic (exact) mass is 326 g/mol. The molecule has 21 heavy (non-hydrogen) atoms. The van der Waals surface area contributed by atoms with E-state index in [1.165, 1.54) is 0 Å². The van der Waals surface area contributed by atoms with Crippen LogP contribution in [0.5, 0.6) is 0 Å². The molecule has 2 N–H and O–H groups in total. The van der Waals surface area contributed by atoms with Crippen LogP contribution in [-0.4, -0.2) is 42.8 Å². The van der Waals surface area contributed by atoms with Crippen LogP contribution in [0.15, 0.2) is 24.3 Å². The van der Waals surface area contributed by atoms with Gasteiger partial charge >= 0.3 is 6.18 Å². The Kier molecular flexibility index (Phi) is 6.93. The average Bonchev–Trinajstić information content (AvgIpc) is 2.43. The van der Waals surface area contributed by atoms with Gasteiger partial charge in [-0.2, -0.15) is 13.2 Å². The summed E-state index contributed by atoms with van der Waals surface area (Å²) in [5.41, 5.74) is -0.410. The Labute approximate surface area is 126 Å². The lowest BCUT2D eigenvalue weighted by Gasteiger charge is -2.31. The summed E-state index contributed by atoms with van der Waals surface area (Å²) in [5.74, 6) is 0. The van der Waals surface area contributed by atoms with E-state index >= 15 is 0 Å². The van der Waals surface area contributed by atoms with Gasteiger partial charge in [0.25, 0.3) is 0 Å². The number of hydrogen-bond donors (Lipinski definition) is 2. The molecule has 0 saturated heterocycles. The van der Waals surface area contributed by atoms with Gasteiger partial charge in [0.2, 0.25) is 0 Å². The maximum Gasteiger partial charge on any atom is 0.411 e. The van der Waals surface area contributed by atoms with E-state index in [2.05, 4.69) is 4.74 Å². The van der Waals surface area contributed by atoms with Crippen molar-refractivity contribution in [2.45, 2.75) is 24.4 Å². The lowest BCUT2D eigenvalue weighted by molar-refractivity contribution is -0.174. The summed E-state index contributed by atoms with van der Waals surface area (Å²) in [6.45, 7) is -2.12. The summed E-state index contributed by atoms with van der Waals surface area (Å²) in [6, 6.07) is 6.77. The number of rotatable bonds is 8. The number of halogens is 4. The summed E-state index contributed by atoms with van der Waals surface area (Å²) < 4.78 is 40.4. The van der Waals surface area contributed by atoms with E-state index in [1.807, 2.05) is 0 Å². The molecule has 7 heteroatoms. The Bertz CT molecular complexity index is 434. The van der Waals surface area contributed by atoms with Crippen molar-refractivity contribution in [3.63, 3.8) is 0 Å². The third-order valence-electron chi connectivity index (χ3n) is 3.26. The van der Waals surface area contributed by atoms with Gasteiger partial charge < -0.3 is 14.9 Å². The van der Waals surface area contributed by atoms with Crippen LogP contribution in [0.3, 0.4) is 0 Å². The zero-order valence-corrected chi connectivity index (χ0v) is 12.1. The predicted octanol–water partition coefficient (Wildman–Crippen LogP) is 2.92. The fraction of sp³-hybridized carbons (Fsp3) is 0.571. The lowest BCUT2D eigenvalue weighted by atomic mass is 9.78. The highest BCUT2D eigenvalue weighted by Crippen LogP contribution is 2.33. The first kappa shape index (κ1) is 18.2. The molecule has 0 aromatic heterocycles. The minimum Gasteiger partial charge on any atom is -0.395 e. The molecule has 1 aromatic carbocycles. The normalized spacial score (nSPS) is 12.7. The van der Waals surface area contributed by atoms with Crippen LogP contribution in [-0.2, 0) is 10.2 Å². The molecule has 1 rings (SSSR count). The minimum absolute atomic E-state index is 0.105. The Morgan fingerprint density at radius 2 is 1.71 bits per heavy atom. The molecule has 0 aliphatic heterocycles. The van der Waals surface area contributed by atoms with Gasteiger partial charge in [0.1, 0.15) is 6.61 Å². The van der Waals surface area contributed by atoms with Crippen molar-refractivity contribution in [2.75, 3.05) is 26.4 Å². The van der Waals surface area contributed by atoms with Gasteiger partial charge in [-0.1, -0.05) is 29.8 Å². The van der Waals surface area contributed by atoms with E-state index in [0.29, 0.717) is 10.6 Å². The highest BCUT2D eigenvalue weighted by atomic mass is 35.5. The van der Waals surface area contributed by atoms with E-state index in [-0.39, 0.29) is 32.7 Å². The number of aliphatic hydroxyl groups is 2. The van der Waals surface area contributed by atoms with E-state index in [0.717, 1.165) is 0 Å². The highest BCUT2D eigenvalue weighted by Gasteiger charge is 2.33. The molecule has 3 nitrogen and oxygen atoms in total. The predicted molar refractivity (Wildman–Crippen MR) is 73.4 cm³/mol. The van der Waals surface area contributed by atoms with Crippen LogP contribution in [0.25, 0.3) is 0 Å². The third-order valence-corrected chi connectivity index (χ3v) is 3.59. The van der Waals surface area contributed by atoms with Crippen LogP contribution >= 0.6 is 11.6 Å². The topological polar surface area (TPSA) is 49.7 Å². The second kappa shape index (κ2) is 7.98. The van der Waals surface area contributed by atoms with Gasteiger partial charge in [0, 0.05) is 17.0 Å². The van der Waals surface area contributed by atoms with E-state index < -0.39 is 18.2 Å². The summed E-state index contributed by atoms with van der Waals surface area (Å²) in [7, 11) is 0. The van der Waals surface area contributed by atoms with Gasteiger partial charge in [0.15, 0.2) is 0 Å². The van der Waals surface area contributed by atoms with Crippen LogP contribution < -0.4 is 0 Å². The molecule has 0 bridgehead atoms. The quantitative estimate of drug-likeness (QED) is 0.722. The van der Waals surface area contributed by atoms with Crippen molar-refractivity contribution in [3.05, 3.63) is 34.9 Å². The zero-order chi connectivity index (χ0) is 15.9. The second-order valence-electron chi connectivity index (χ2n) is 4.85. The molecule has 0 unspecified atom stereocenters. The van der Waals surface area contributed by atoms with Gasteiger partial charge in [-0.15, -0.1) is 0 Å². The van der Waals surface area contributed by atoms with Crippen LogP contribution in [0.1, 0.15) is 18.4 Å². The molecule has 120 valence electrons. The lowest BCUT2D eigenvalue weighted by Crippen LogP contribution is -2.35. The molecule has 0 fully saturated rings. The largest absolute Gasteiger partial charge is 0.411 e. The molecular formula is C14H18ClF3O3. The summed E-state index contributed by atoms with van der Waals surface area (Å²) in [5, 5.41) is 19.6. The van der Waals surface area contributed by atoms with Crippen molar-refractivity contribution in [1.82, 2.24) is 0 Å². The fourth-order valence-electron chi connectivity index (χ4n) is 2.10. The van der Waals surface area contributed by atoms with Crippen LogP contribution in [0.4, 0.5) is 13.2 Å². The van der Waals surface area contributed by atoms with Crippen LogP contribution in [0, 0.1) is 0 Å². The first-order valence-corrected chi connectivity index (χ1v) is 6.84. The smallest absolute Gasteiger partial charge is 0.395 e. The maximum absolute atomic E-state index is 11.9. The van der Waals surface area contributed by atoms with E-state index in [1.54, 1.807) is 24.3 Å². The van der Waals surface area contributed by atoms with Crippen molar-refractivity contribution in [3.8, 4) is 0 Å². The molecule has 0 atom stereocenters. The van der Waals surface area contributed by atoms with E-state index in [9.17, 15) is 23.4 Å². The van der Waals surface area contributed by atoms with Crippen LogP contribution in [0.2, 0.25) is 5.02 Å². The zero-order valence-electron chi connectivity index (χ0n) is 11.4. The summed E-state index contributed by atoms with van der Waals surface area (Å²) in [4.78, 5) is 0.